The highest BCUT2D eigenvalue weighted by Gasteiger charge is 2.19. The Balaban J connectivity index is 1.87. The minimum atomic E-state index is 0.754. The fourth-order valence-corrected chi connectivity index (χ4v) is 1.71. The van der Waals surface area contributed by atoms with E-state index in [4.69, 9.17) is 9.47 Å². The molecule has 2 N–H and O–H groups in total. The van der Waals surface area contributed by atoms with Gasteiger partial charge in [0.25, 0.3) is 0 Å². The molecule has 1 fully saturated rings. The van der Waals surface area contributed by atoms with Crippen LogP contribution in [0.5, 0.6) is 11.5 Å². The lowest BCUT2D eigenvalue weighted by Crippen LogP contribution is -2.24. The van der Waals surface area contributed by atoms with Crippen molar-refractivity contribution in [3.63, 3.8) is 0 Å². The van der Waals surface area contributed by atoms with Crippen LogP contribution in [0.15, 0.2) is 18.2 Å². The van der Waals surface area contributed by atoms with E-state index in [0.717, 1.165) is 36.3 Å². The summed E-state index contributed by atoms with van der Waals surface area (Å²) in [5.41, 5.74) is 0.976. The Morgan fingerprint density at radius 1 is 1.18 bits per heavy atom. The lowest BCUT2D eigenvalue weighted by atomic mass is 10.2. The summed E-state index contributed by atoms with van der Waals surface area (Å²) >= 11 is 0. The molecule has 0 heterocycles. The molecule has 1 aliphatic rings. The zero-order valence-electron chi connectivity index (χ0n) is 10.5. The summed E-state index contributed by atoms with van der Waals surface area (Å²) in [6.07, 6.45) is 2.64. The second-order valence-corrected chi connectivity index (χ2v) is 4.22. The number of nitrogens with one attached hydrogen (secondary N) is 2. The average molecular weight is 236 g/mol. The molecule has 4 heteroatoms. The van der Waals surface area contributed by atoms with Crippen molar-refractivity contribution in [3.05, 3.63) is 18.2 Å². The third kappa shape index (κ3) is 3.53. The Hall–Kier alpha value is -1.42. The number of benzene rings is 1. The summed E-state index contributed by atoms with van der Waals surface area (Å²) in [5.74, 6) is 1.68. The molecule has 1 aromatic carbocycles. The zero-order chi connectivity index (χ0) is 12.1. The summed E-state index contributed by atoms with van der Waals surface area (Å²) in [6, 6.07) is 6.52. The first-order valence-electron chi connectivity index (χ1n) is 6.03. The van der Waals surface area contributed by atoms with Gasteiger partial charge in [-0.25, -0.2) is 0 Å². The van der Waals surface area contributed by atoms with Gasteiger partial charge in [-0.2, -0.15) is 0 Å². The molecule has 1 saturated carbocycles. The van der Waals surface area contributed by atoms with Gasteiger partial charge in [-0.05, 0) is 25.0 Å². The minimum absolute atomic E-state index is 0.754. The second kappa shape index (κ2) is 5.77. The zero-order valence-corrected chi connectivity index (χ0v) is 10.5. The molecule has 0 amide bonds. The van der Waals surface area contributed by atoms with E-state index in [1.807, 2.05) is 18.2 Å². The van der Waals surface area contributed by atoms with E-state index in [-0.39, 0.29) is 0 Å². The van der Waals surface area contributed by atoms with Crippen LogP contribution in [-0.4, -0.2) is 33.4 Å². The molecule has 0 unspecified atom stereocenters. The summed E-state index contributed by atoms with van der Waals surface area (Å²) in [7, 11) is 3.34. The number of ether oxygens (including phenoxy) is 2. The molecule has 0 aromatic heterocycles. The molecule has 0 spiro atoms. The molecular weight excluding hydrogens is 216 g/mol. The Morgan fingerprint density at radius 2 is 2.00 bits per heavy atom. The molecule has 94 valence electrons. The summed E-state index contributed by atoms with van der Waals surface area (Å²) < 4.78 is 10.5. The number of anilines is 1. The third-order valence-corrected chi connectivity index (χ3v) is 2.86. The SMILES string of the molecule is COc1ccc(OC)c(NCCNC2CC2)c1. The quantitative estimate of drug-likeness (QED) is 0.709. The fourth-order valence-electron chi connectivity index (χ4n) is 1.71. The summed E-state index contributed by atoms with van der Waals surface area (Å²) in [6.45, 7) is 1.87. The van der Waals surface area contributed by atoms with Crippen molar-refractivity contribution in [2.75, 3.05) is 32.6 Å². The Kier molecular flexibility index (Phi) is 4.09. The van der Waals surface area contributed by atoms with Crippen molar-refractivity contribution in [1.29, 1.82) is 0 Å². The molecule has 17 heavy (non-hydrogen) atoms. The Morgan fingerprint density at radius 3 is 2.65 bits per heavy atom. The summed E-state index contributed by atoms with van der Waals surface area (Å²) in [4.78, 5) is 0. The first-order chi connectivity index (χ1) is 8.33. The first-order valence-corrected chi connectivity index (χ1v) is 6.03. The monoisotopic (exact) mass is 236 g/mol. The minimum Gasteiger partial charge on any atom is -0.497 e. The van der Waals surface area contributed by atoms with E-state index in [2.05, 4.69) is 10.6 Å². The predicted octanol–water partition coefficient (Wildman–Crippen LogP) is 1.87. The van der Waals surface area contributed by atoms with Crippen LogP contribution in [0.25, 0.3) is 0 Å². The van der Waals surface area contributed by atoms with Gasteiger partial charge in [-0.3, -0.25) is 0 Å². The molecule has 0 radical (unpaired) electrons. The normalized spacial score (nSPS) is 14.5. The first kappa shape index (κ1) is 12.0. The van der Waals surface area contributed by atoms with Gasteiger partial charge in [0.15, 0.2) is 0 Å². The van der Waals surface area contributed by atoms with Crippen LogP contribution in [0.1, 0.15) is 12.8 Å². The van der Waals surface area contributed by atoms with E-state index >= 15 is 0 Å². The highest BCUT2D eigenvalue weighted by molar-refractivity contribution is 5.59. The largest absolute Gasteiger partial charge is 0.497 e. The Bertz CT molecular complexity index is 364. The van der Waals surface area contributed by atoms with Crippen LogP contribution in [-0.2, 0) is 0 Å². The van der Waals surface area contributed by atoms with Gasteiger partial charge in [0.1, 0.15) is 11.5 Å². The molecule has 2 rings (SSSR count). The highest BCUT2D eigenvalue weighted by Crippen LogP contribution is 2.28. The van der Waals surface area contributed by atoms with Crippen LogP contribution in [0.3, 0.4) is 0 Å². The molecule has 0 saturated heterocycles. The number of methoxy groups -OCH3 is 2. The fraction of sp³-hybridized carbons (Fsp3) is 0.538. The van der Waals surface area contributed by atoms with E-state index in [1.54, 1.807) is 14.2 Å². The van der Waals surface area contributed by atoms with Crippen LogP contribution < -0.4 is 20.1 Å². The molecule has 1 aromatic rings. The smallest absolute Gasteiger partial charge is 0.142 e. The van der Waals surface area contributed by atoms with Gasteiger partial charge >= 0.3 is 0 Å². The van der Waals surface area contributed by atoms with Crippen molar-refractivity contribution < 1.29 is 9.47 Å². The standard InChI is InChI=1S/C13H20N2O2/c1-16-11-5-6-13(17-2)12(9-11)15-8-7-14-10-3-4-10/h5-6,9-10,14-15H,3-4,7-8H2,1-2H3. The average Bonchev–Trinajstić information content (AvgIpc) is 3.18. The van der Waals surface area contributed by atoms with Gasteiger partial charge in [0.2, 0.25) is 0 Å². The van der Waals surface area contributed by atoms with Crippen LogP contribution >= 0.6 is 0 Å². The third-order valence-electron chi connectivity index (χ3n) is 2.86. The molecular formula is C13H20N2O2. The van der Waals surface area contributed by atoms with E-state index in [9.17, 15) is 0 Å². The number of rotatable bonds is 7. The van der Waals surface area contributed by atoms with Gasteiger partial charge in [0.05, 0.1) is 19.9 Å². The maximum atomic E-state index is 5.30. The molecule has 0 atom stereocenters. The van der Waals surface area contributed by atoms with E-state index in [1.165, 1.54) is 12.8 Å². The summed E-state index contributed by atoms with van der Waals surface area (Å²) in [5, 5.41) is 6.81. The van der Waals surface area contributed by atoms with Gasteiger partial charge < -0.3 is 20.1 Å². The van der Waals surface area contributed by atoms with Gasteiger partial charge in [0, 0.05) is 25.2 Å². The highest BCUT2D eigenvalue weighted by atomic mass is 16.5. The Labute approximate surface area is 102 Å². The number of hydrogen-bond acceptors (Lipinski definition) is 4. The van der Waals surface area contributed by atoms with Crippen LogP contribution in [0.2, 0.25) is 0 Å². The molecule has 1 aliphatic carbocycles. The van der Waals surface area contributed by atoms with Crippen molar-refractivity contribution in [1.82, 2.24) is 5.32 Å². The van der Waals surface area contributed by atoms with Gasteiger partial charge in [-0.1, -0.05) is 0 Å². The predicted molar refractivity (Wildman–Crippen MR) is 69.1 cm³/mol. The van der Waals surface area contributed by atoms with Crippen molar-refractivity contribution in [3.8, 4) is 11.5 Å². The lowest BCUT2D eigenvalue weighted by molar-refractivity contribution is 0.404. The maximum Gasteiger partial charge on any atom is 0.142 e. The van der Waals surface area contributed by atoms with E-state index in [0.29, 0.717) is 0 Å². The molecule has 4 nitrogen and oxygen atoms in total. The topological polar surface area (TPSA) is 42.5 Å². The van der Waals surface area contributed by atoms with Gasteiger partial charge in [-0.15, -0.1) is 0 Å². The second-order valence-electron chi connectivity index (χ2n) is 4.22. The molecule has 0 aliphatic heterocycles. The number of hydrogen-bond donors (Lipinski definition) is 2. The van der Waals surface area contributed by atoms with Crippen molar-refractivity contribution in [2.24, 2.45) is 0 Å². The van der Waals surface area contributed by atoms with E-state index < -0.39 is 0 Å². The van der Waals surface area contributed by atoms with Crippen LogP contribution in [0, 0.1) is 0 Å². The van der Waals surface area contributed by atoms with Crippen molar-refractivity contribution in [2.45, 2.75) is 18.9 Å². The molecule has 0 bridgehead atoms. The maximum absolute atomic E-state index is 5.30. The van der Waals surface area contributed by atoms with Crippen LogP contribution in [0.4, 0.5) is 5.69 Å². The lowest BCUT2D eigenvalue weighted by Gasteiger charge is -2.12. The van der Waals surface area contributed by atoms with Crippen molar-refractivity contribution >= 4 is 5.69 Å².